The molecule has 1 unspecified atom stereocenters. The fourth-order valence-corrected chi connectivity index (χ4v) is 6.09. The van der Waals surface area contributed by atoms with Crippen molar-refractivity contribution in [2.45, 2.75) is 10.1 Å². The number of methoxy groups -OCH3 is 4. The van der Waals surface area contributed by atoms with Gasteiger partial charge in [-0.1, -0.05) is 60.7 Å². The molecule has 0 saturated carbocycles. The average Bonchev–Trinajstić information content (AvgIpc) is 3.17. The highest BCUT2D eigenvalue weighted by molar-refractivity contribution is 8.00. The number of carbonyl (C=O) groups is 3. The topological polar surface area (TPSA) is 124 Å². The van der Waals surface area contributed by atoms with Crippen molar-refractivity contribution in [3.8, 4) is 23.0 Å². The largest absolute Gasteiger partial charge is 0.497 e. The highest BCUT2D eigenvalue weighted by Gasteiger charge is 2.23. The van der Waals surface area contributed by atoms with Gasteiger partial charge in [-0.15, -0.1) is 11.8 Å². The van der Waals surface area contributed by atoms with Crippen LogP contribution in [-0.2, 0) is 9.59 Å². The van der Waals surface area contributed by atoms with Crippen LogP contribution in [0, 0.1) is 0 Å². The normalized spacial score (nSPS) is 11.5. The molecule has 0 heterocycles. The second-order valence-corrected chi connectivity index (χ2v) is 12.1. The molecular weight excluding hydrogens is 667 g/mol. The summed E-state index contributed by atoms with van der Waals surface area (Å²) in [7, 11) is 6.11. The van der Waals surface area contributed by atoms with Crippen molar-refractivity contribution in [3.63, 3.8) is 0 Å². The molecule has 0 aliphatic carbocycles. The average molecular weight is 704 g/mol. The summed E-state index contributed by atoms with van der Waals surface area (Å²) in [6.45, 7) is 0. The molecule has 1 atom stereocenters. The van der Waals surface area contributed by atoms with E-state index in [1.54, 1.807) is 93.1 Å². The van der Waals surface area contributed by atoms with Crippen molar-refractivity contribution in [1.29, 1.82) is 0 Å². The van der Waals surface area contributed by atoms with Gasteiger partial charge in [0, 0.05) is 45.6 Å². The van der Waals surface area contributed by atoms with Crippen molar-refractivity contribution in [3.05, 3.63) is 144 Å². The Morgan fingerprint density at radius 2 is 1.29 bits per heavy atom. The second kappa shape index (κ2) is 17.5. The SMILES string of the molecule is COc1cc(NC(=O)C(Sc2ccc(NC(=O)/C(=C/c3cccc(OC)c3OC)NC(=O)c3ccccc3)cc2)c2ccccc2)cc(OC)c1. The molecule has 11 heteroatoms. The monoisotopic (exact) mass is 703 g/mol. The van der Waals surface area contributed by atoms with Gasteiger partial charge in [-0.05, 0) is 54.1 Å². The van der Waals surface area contributed by atoms with Crippen molar-refractivity contribution in [2.75, 3.05) is 39.1 Å². The maximum Gasteiger partial charge on any atom is 0.272 e. The molecule has 3 amide bonds. The van der Waals surface area contributed by atoms with Crippen molar-refractivity contribution in [2.24, 2.45) is 0 Å². The molecule has 0 aromatic heterocycles. The molecule has 0 saturated heterocycles. The molecule has 0 aliphatic heterocycles. The molecule has 0 spiro atoms. The molecule has 5 aromatic carbocycles. The molecule has 10 nitrogen and oxygen atoms in total. The Kier molecular flexibility index (Phi) is 12.4. The van der Waals surface area contributed by atoms with Crippen molar-refractivity contribution >= 4 is 46.9 Å². The predicted octanol–water partition coefficient (Wildman–Crippen LogP) is 7.60. The highest BCUT2D eigenvalue weighted by atomic mass is 32.2. The number of anilines is 2. The van der Waals surface area contributed by atoms with E-state index in [1.807, 2.05) is 42.5 Å². The summed E-state index contributed by atoms with van der Waals surface area (Å²) in [5, 5.41) is 7.99. The zero-order chi connectivity index (χ0) is 36.2. The summed E-state index contributed by atoms with van der Waals surface area (Å²) in [4.78, 5) is 41.3. The number of benzene rings is 5. The van der Waals surface area contributed by atoms with Crippen LogP contribution in [0.5, 0.6) is 23.0 Å². The van der Waals surface area contributed by atoms with Crippen molar-refractivity contribution in [1.82, 2.24) is 5.32 Å². The van der Waals surface area contributed by atoms with Crippen LogP contribution < -0.4 is 34.9 Å². The third-order valence-corrected chi connectivity index (χ3v) is 8.85. The lowest BCUT2D eigenvalue weighted by atomic mass is 10.1. The minimum atomic E-state index is -0.607. The molecule has 0 bridgehead atoms. The Morgan fingerprint density at radius 3 is 1.90 bits per heavy atom. The van der Waals surface area contributed by atoms with Gasteiger partial charge < -0.3 is 34.9 Å². The number of rotatable bonds is 14. The van der Waals surface area contributed by atoms with Crippen LogP contribution in [0.3, 0.4) is 0 Å². The van der Waals surface area contributed by atoms with Crippen LogP contribution in [0.1, 0.15) is 26.7 Å². The Hall–Kier alpha value is -6.20. The van der Waals surface area contributed by atoms with E-state index in [-0.39, 0.29) is 11.6 Å². The second-order valence-electron chi connectivity index (χ2n) is 10.9. The van der Waals surface area contributed by atoms with E-state index in [0.717, 1.165) is 10.5 Å². The third-order valence-electron chi connectivity index (χ3n) is 7.59. The van der Waals surface area contributed by atoms with E-state index in [4.69, 9.17) is 18.9 Å². The summed E-state index contributed by atoms with van der Waals surface area (Å²) in [6, 6.07) is 35.6. The van der Waals surface area contributed by atoms with E-state index < -0.39 is 17.1 Å². The van der Waals surface area contributed by atoms with Gasteiger partial charge in [0.1, 0.15) is 22.4 Å². The van der Waals surface area contributed by atoms with Gasteiger partial charge in [-0.2, -0.15) is 0 Å². The third kappa shape index (κ3) is 9.49. The van der Waals surface area contributed by atoms with Crippen LogP contribution >= 0.6 is 11.8 Å². The Bertz CT molecular complexity index is 1980. The van der Waals surface area contributed by atoms with E-state index in [1.165, 1.54) is 32.1 Å². The van der Waals surface area contributed by atoms with Gasteiger partial charge in [0.25, 0.3) is 11.8 Å². The summed E-state index contributed by atoms with van der Waals surface area (Å²) in [5.74, 6) is 0.721. The van der Waals surface area contributed by atoms with E-state index in [9.17, 15) is 14.4 Å². The summed E-state index contributed by atoms with van der Waals surface area (Å²) >= 11 is 1.36. The lowest BCUT2D eigenvalue weighted by molar-refractivity contribution is -0.116. The molecule has 0 aliphatic rings. The molecule has 5 rings (SSSR count). The van der Waals surface area contributed by atoms with Gasteiger partial charge >= 0.3 is 0 Å². The zero-order valence-corrected chi connectivity index (χ0v) is 29.3. The van der Waals surface area contributed by atoms with Gasteiger partial charge in [-0.25, -0.2) is 0 Å². The number of carbonyl (C=O) groups excluding carboxylic acids is 3. The quantitative estimate of drug-likeness (QED) is 0.0798. The Labute approximate surface area is 300 Å². The van der Waals surface area contributed by atoms with Crippen LogP contribution in [0.2, 0.25) is 0 Å². The van der Waals surface area contributed by atoms with Gasteiger partial charge in [-0.3, -0.25) is 14.4 Å². The van der Waals surface area contributed by atoms with Crippen molar-refractivity contribution < 1.29 is 33.3 Å². The van der Waals surface area contributed by atoms with E-state index in [2.05, 4.69) is 16.0 Å². The molecule has 0 fully saturated rings. The molecule has 3 N–H and O–H groups in total. The minimum absolute atomic E-state index is 0.0103. The van der Waals surface area contributed by atoms with E-state index in [0.29, 0.717) is 45.5 Å². The molecule has 5 aromatic rings. The first kappa shape index (κ1) is 36.1. The first-order valence-corrected chi connectivity index (χ1v) is 16.7. The number of hydrogen-bond donors (Lipinski definition) is 3. The fourth-order valence-electron chi connectivity index (χ4n) is 5.06. The first-order valence-electron chi connectivity index (χ1n) is 15.8. The van der Waals surface area contributed by atoms with Crippen LogP contribution in [-0.4, -0.2) is 46.2 Å². The first-order chi connectivity index (χ1) is 24.8. The maximum atomic E-state index is 13.7. The predicted molar refractivity (Wildman–Crippen MR) is 200 cm³/mol. The summed E-state index contributed by atoms with van der Waals surface area (Å²) in [5.41, 5.74) is 2.72. The zero-order valence-electron chi connectivity index (χ0n) is 28.5. The molecule has 51 heavy (non-hydrogen) atoms. The lowest BCUT2D eigenvalue weighted by Gasteiger charge is -2.18. The number of hydrogen-bond acceptors (Lipinski definition) is 8. The van der Waals surface area contributed by atoms with Gasteiger partial charge in [0.2, 0.25) is 5.91 Å². The van der Waals surface area contributed by atoms with E-state index >= 15 is 0 Å². The number of thioether (sulfide) groups is 1. The summed E-state index contributed by atoms with van der Waals surface area (Å²) < 4.78 is 21.7. The maximum absolute atomic E-state index is 13.7. The van der Waals surface area contributed by atoms with Gasteiger partial charge in [0.05, 0.1) is 28.4 Å². The minimum Gasteiger partial charge on any atom is -0.497 e. The highest BCUT2D eigenvalue weighted by Crippen LogP contribution is 2.38. The van der Waals surface area contributed by atoms with Crippen LogP contribution in [0.15, 0.2) is 132 Å². The number of nitrogens with one attached hydrogen (secondary N) is 3. The van der Waals surface area contributed by atoms with Crippen LogP contribution in [0.25, 0.3) is 6.08 Å². The Morgan fingerprint density at radius 1 is 0.647 bits per heavy atom. The standard InChI is InChI=1S/C40H37N3O7S/c1-47-31-23-30(24-32(25-31)48-2)42-40(46)37(26-12-7-5-8-13-26)51-33-20-18-29(19-21-33)41-39(45)34(43-38(44)27-14-9-6-10-15-27)22-28-16-11-17-35(49-3)36(28)50-4/h5-25,37H,1-4H3,(H,41,45)(H,42,46)(H,43,44)/b34-22-. The molecular formula is C40H37N3O7S. The summed E-state index contributed by atoms with van der Waals surface area (Å²) in [6.07, 6.45) is 1.53. The molecule has 0 radical (unpaired) electrons. The lowest BCUT2D eigenvalue weighted by Crippen LogP contribution is -2.30. The fraction of sp³-hybridized carbons (Fsp3) is 0.125. The smallest absolute Gasteiger partial charge is 0.272 e. The van der Waals surface area contributed by atoms with Crippen LogP contribution in [0.4, 0.5) is 11.4 Å². The van der Waals surface area contributed by atoms with Gasteiger partial charge in [0.15, 0.2) is 11.5 Å². The number of amides is 3. The molecule has 260 valence electrons. The number of ether oxygens (including phenoxy) is 4. The number of para-hydroxylation sites is 1. The Balaban J connectivity index is 1.37.